The summed E-state index contributed by atoms with van der Waals surface area (Å²) in [5, 5.41) is 6.64. The third kappa shape index (κ3) is 3.57. The van der Waals surface area contributed by atoms with Crippen molar-refractivity contribution in [2.75, 3.05) is 14.1 Å². The van der Waals surface area contributed by atoms with E-state index in [0.29, 0.717) is 4.57 Å². The highest BCUT2D eigenvalue weighted by Gasteiger charge is 2.30. The van der Waals surface area contributed by atoms with Gasteiger partial charge in [0.2, 0.25) is 10.0 Å². The lowest BCUT2D eigenvalue weighted by molar-refractivity contribution is -0.140. The molecule has 0 aliphatic rings. The lowest BCUT2D eigenvalue weighted by atomic mass is 10.1. The molecule has 4 aromatic rings. The number of aromatic nitrogens is 4. The number of aromatic amines is 1. The largest absolute Gasteiger partial charge is 0.406 e. The van der Waals surface area contributed by atoms with E-state index >= 15 is 0 Å². The van der Waals surface area contributed by atoms with Crippen molar-refractivity contribution in [1.82, 2.24) is 24.1 Å². The van der Waals surface area contributed by atoms with Gasteiger partial charge in [0.05, 0.1) is 33.2 Å². The lowest BCUT2D eigenvalue weighted by Gasteiger charge is -2.16. The summed E-state index contributed by atoms with van der Waals surface area (Å²) in [7, 11) is -1.11. The smallest absolute Gasteiger partial charge is 0.298 e. The molecule has 0 saturated heterocycles. The Balaban J connectivity index is 2.06. The fourth-order valence-electron chi connectivity index (χ4n) is 3.35. The molecular formula is C19H16F3N5O3S. The van der Waals surface area contributed by atoms with E-state index in [-0.39, 0.29) is 38.0 Å². The Kier molecular flexibility index (Phi) is 4.85. The first-order chi connectivity index (χ1) is 14.5. The predicted molar refractivity (Wildman–Crippen MR) is 108 cm³/mol. The standard InChI is InChI=1S/C19H16F3N5O3S/c1-26(2)31(29,30)16-6-4-3-5-11(16)14-7-15-12(8-23-14)17-13(9-24-25-17)18(28)27(15)10-19(20,21)22/h3-9H,10H2,1-2H3,(H,24,25). The molecule has 8 nitrogen and oxygen atoms in total. The molecule has 3 aromatic heterocycles. The average molecular weight is 451 g/mol. The van der Waals surface area contributed by atoms with E-state index in [0.717, 1.165) is 10.5 Å². The third-order valence-electron chi connectivity index (χ3n) is 4.82. The zero-order chi connectivity index (χ0) is 22.6. The van der Waals surface area contributed by atoms with Gasteiger partial charge in [0.25, 0.3) is 5.56 Å². The number of pyridine rings is 2. The number of nitrogens with zero attached hydrogens (tertiary/aromatic N) is 4. The zero-order valence-corrected chi connectivity index (χ0v) is 17.1. The molecule has 1 aromatic carbocycles. The van der Waals surface area contributed by atoms with E-state index in [4.69, 9.17) is 0 Å². The maximum absolute atomic E-state index is 13.2. The van der Waals surface area contributed by atoms with Crippen LogP contribution in [0.5, 0.6) is 0 Å². The Hall–Kier alpha value is -3.25. The first-order valence-corrected chi connectivity index (χ1v) is 10.4. The summed E-state index contributed by atoms with van der Waals surface area (Å²) in [6.45, 7) is -1.51. The van der Waals surface area contributed by atoms with Gasteiger partial charge in [0.15, 0.2) is 0 Å². The Morgan fingerprint density at radius 1 is 1.13 bits per heavy atom. The summed E-state index contributed by atoms with van der Waals surface area (Å²) < 4.78 is 66.7. The van der Waals surface area contributed by atoms with Gasteiger partial charge in [-0.3, -0.25) is 19.4 Å². The third-order valence-corrected chi connectivity index (χ3v) is 6.69. The average Bonchev–Trinajstić information content (AvgIpc) is 3.20. The topological polar surface area (TPSA) is 101 Å². The lowest BCUT2D eigenvalue weighted by Crippen LogP contribution is -2.28. The summed E-state index contributed by atoms with van der Waals surface area (Å²) in [5.41, 5.74) is -0.329. The van der Waals surface area contributed by atoms with E-state index in [2.05, 4.69) is 15.2 Å². The molecule has 0 spiro atoms. The van der Waals surface area contributed by atoms with Crippen molar-refractivity contribution in [1.29, 1.82) is 0 Å². The number of hydrogen-bond acceptors (Lipinski definition) is 5. The van der Waals surface area contributed by atoms with Gasteiger partial charge in [-0.2, -0.15) is 18.3 Å². The highest BCUT2D eigenvalue weighted by molar-refractivity contribution is 7.89. The van der Waals surface area contributed by atoms with Crippen LogP contribution in [0.1, 0.15) is 0 Å². The van der Waals surface area contributed by atoms with Crippen LogP contribution in [0.4, 0.5) is 13.2 Å². The van der Waals surface area contributed by atoms with Crippen LogP contribution in [0.15, 0.2) is 52.4 Å². The molecule has 162 valence electrons. The van der Waals surface area contributed by atoms with Crippen LogP contribution in [0.2, 0.25) is 0 Å². The van der Waals surface area contributed by atoms with Crippen molar-refractivity contribution in [3.05, 3.63) is 53.1 Å². The summed E-state index contributed by atoms with van der Waals surface area (Å²) in [6, 6.07) is 7.31. The maximum Gasteiger partial charge on any atom is 0.406 e. The van der Waals surface area contributed by atoms with Crippen LogP contribution in [-0.4, -0.2) is 52.7 Å². The van der Waals surface area contributed by atoms with Crippen LogP contribution < -0.4 is 5.56 Å². The van der Waals surface area contributed by atoms with Gasteiger partial charge in [-0.05, 0) is 12.1 Å². The van der Waals surface area contributed by atoms with E-state index in [1.165, 1.54) is 44.6 Å². The summed E-state index contributed by atoms with van der Waals surface area (Å²) >= 11 is 0. The molecule has 0 aliphatic heterocycles. The van der Waals surface area contributed by atoms with Gasteiger partial charge in [0.1, 0.15) is 6.54 Å². The Morgan fingerprint density at radius 2 is 1.84 bits per heavy atom. The number of H-pyrrole nitrogens is 1. The molecule has 0 radical (unpaired) electrons. The highest BCUT2D eigenvalue weighted by atomic mass is 32.2. The minimum atomic E-state index is -4.65. The Labute approximate surface area is 174 Å². The predicted octanol–water partition coefficient (Wildman–Crippen LogP) is 2.75. The van der Waals surface area contributed by atoms with Crippen LogP contribution >= 0.6 is 0 Å². The number of sulfonamides is 1. The van der Waals surface area contributed by atoms with Crippen molar-refractivity contribution >= 4 is 31.8 Å². The maximum atomic E-state index is 13.2. The van der Waals surface area contributed by atoms with Gasteiger partial charge < -0.3 is 0 Å². The molecule has 4 rings (SSSR count). The second-order valence-electron chi connectivity index (χ2n) is 7.04. The van der Waals surface area contributed by atoms with Crippen LogP contribution in [-0.2, 0) is 16.6 Å². The van der Waals surface area contributed by atoms with Crippen molar-refractivity contribution in [2.45, 2.75) is 17.6 Å². The second kappa shape index (κ2) is 7.17. The highest BCUT2D eigenvalue weighted by Crippen LogP contribution is 2.31. The van der Waals surface area contributed by atoms with Crippen molar-refractivity contribution < 1.29 is 21.6 Å². The van der Waals surface area contributed by atoms with Gasteiger partial charge in [-0.1, -0.05) is 18.2 Å². The van der Waals surface area contributed by atoms with Gasteiger partial charge in [-0.15, -0.1) is 0 Å². The van der Waals surface area contributed by atoms with E-state index in [1.807, 2.05) is 0 Å². The van der Waals surface area contributed by atoms with Crippen molar-refractivity contribution in [2.24, 2.45) is 0 Å². The molecule has 0 aliphatic carbocycles. The van der Waals surface area contributed by atoms with Gasteiger partial charge in [0, 0.05) is 31.2 Å². The number of fused-ring (bicyclic) bond motifs is 3. The minimum Gasteiger partial charge on any atom is -0.298 e. The van der Waals surface area contributed by atoms with E-state index in [9.17, 15) is 26.4 Å². The van der Waals surface area contributed by atoms with Crippen LogP contribution in [0, 0.1) is 0 Å². The van der Waals surface area contributed by atoms with Crippen LogP contribution in [0.3, 0.4) is 0 Å². The fraction of sp³-hybridized carbons (Fsp3) is 0.211. The number of alkyl halides is 3. The summed E-state index contributed by atoms with van der Waals surface area (Å²) in [4.78, 5) is 16.9. The second-order valence-corrected chi connectivity index (χ2v) is 9.16. The Bertz CT molecular complexity index is 1470. The molecule has 1 N–H and O–H groups in total. The molecule has 0 saturated carbocycles. The monoisotopic (exact) mass is 451 g/mol. The first-order valence-electron chi connectivity index (χ1n) is 8.95. The number of rotatable bonds is 4. The molecule has 0 unspecified atom stereocenters. The molecule has 0 fully saturated rings. The SMILES string of the molecule is CN(C)S(=O)(=O)c1ccccc1-c1cc2c(cn1)c1[nH]ncc1c(=O)n2CC(F)(F)F. The van der Waals surface area contributed by atoms with Crippen LogP contribution in [0.25, 0.3) is 33.1 Å². The van der Waals surface area contributed by atoms with Crippen molar-refractivity contribution in [3.63, 3.8) is 0 Å². The number of benzene rings is 1. The zero-order valence-electron chi connectivity index (χ0n) is 16.3. The normalized spacial score (nSPS) is 12.8. The quantitative estimate of drug-likeness (QED) is 0.514. The number of halogens is 3. The van der Waals surface area contributed by atoms with Crippen molar-refractivity contribution in [3.8, 4) is 11.3 Å². The Morgan fingerprint density at radius 3 is 2.52 bits per heavy atom. The van der Waals surface area contributed by atoms with Gasteiger partial charge in [-0.25, -0.2) is 12.7 Å². The molecule has 3 heterocycles. The summed E-state index contributed by atoms with van der Waals surface area (Å²) in [6.07, 6.45) is -2.18. The first kappa shape index (κ1) is 21.0. The van der Waals surface area contributed by atoms with Gasteiger partial charge >= 0.3 is 6.18 Å². The molecular weight excluding hydrogens is 435 g/mol. The fourth-order valence-corrected chi connectivity index (χ4v) is 4.45. The molecule has 31 heavy (non-hydrogen) atoms. The molecule has 0 amide bonds. The molecule has 0 atom stereocenters. The molecule has 0 bridgehead atoms. The summed E-state index contributed by atoms with van der Waals surface area (Å²) in [5.74, 6) is 0. The number of nitrogens with one attached hydrogen (secondary N) is 1. The minimum absolute atomic E-state index is 0.00175. The van der Waals surface area contributed by atoms with E-state index in [1.54, 1.807) is 6.07 Å². The molecule has 12 heteroatoms. The van der Waals surface area contributed by atoms with E-state index < -0.39 is 28.3 Å². The number of hydrogen-bond donors (Lipinski definition) is 1.